The molecule has 0 aliphatic carbocycles. The van der Waals surface area contributed by atoms with Crippen LogP contribution in [0, 0.1) is 0 Å². The molecule has 1 aliphatic rings. The molecule has 1 rings (SSSR count). The van der Waals surface area contributed by atoms with Crippen molar-refractivity contribution in [2.75, 3.05) is 19.7 Å². The highest BCUT2D eigenvalue weighted by Gasteiger charge is 2.52. The molecule has 1 saturated heterocycles. The third-order valence-corrected chi connectivity index (χ3v) is 5.81. The molecule has 0 amide bonds. The molecule has 176 valence electrons. The molecule has 0 N–H and O–H groups in total. The van der Waals surface area contributed by atoms with Crippen molar-refractivity contribution >= 4 is 52.2 Å². The summed E-state index contributed by atoms with van der Waals surface area (Å²) in [6.07, 6.45) is -4.49. The fourth-order valence-electron chi connectivity index (χ4n) is 2.94. The van der Waals surface area contributed by atoms with Crippen LogP contribution in [0.5, 0.6) is 0 Å². The highest BCUT2D eigenvalue weighted by atomic mass is 32.2. The highest BCUT2D eigenvalue weighted by molar-refractivity contribution is 8.23. The van der Waals surface area contributed by atoms with Crippen molar-refractivity contribution in [2.24, 2.45) is 0 Å². The summed E-state index contributed by atoms with van der Waals surface area (Å²) in [5.74, 6) is -2.57. The predicted octanol–water partition coefficient (Wildman–Crippen LogP) is 1.43. The first kappa shape index (κ1) is 27.1. The largest absolute Gasteiger partial charge is 0.463 e. The Morgan fingerprint density at radius 1 is 0.839 bits per heavy atom. The number of rotatable bonds is 8. The van der Waals surface area contributed by atoms with Gasteiger partial charge < -0.3 is 28.6 Å². The second-order valence-corrected chi connectivity index (χ2v) is 8.36. The van der Waals surface area contributed by atoms with Crippen LogP contribution in [0.1, 0.15) is 41.5 Å². The number of thioether (sulfide) groups is 1. The summed E-state index contributed by atoms with van der Waals surface area (Å²) in [7, 11) is 0. The van der Waals surface area contributed by atoms with Crippen molar-refractivity contribution in [3.63, 3.8) is 0 Å². The summed E-state index contributed by atoms with van der Waals surface area (Å²) in [5, 5.41) is 0. The fourth-order valence-corrected chi connectivity index (χ4v) is 4.63. The van der Waals surface area contributed by atoms with Gasteiger partial charge in [-0.15, -0.1) is 0 Å². The summed E-state index contributed by atoms with van der Waals surface area (Å²) in [6.45, 7) is 9.65. The number of thiocarbonyl (C=S) groups is 1. The van der Waals surface area contributed by atoms with Crippen LogP contribution >= 0.6 is 24.0 Å². The van der Waals surface area contributed by atoms with E-state index in [2.05, 4.69) is 0 Å². The van der Waals surface area contributed by atoms with E-state index in [1.54, 1.807) is 0 Å². The number of nitrogens with zero attached hydrogens (tertiary/aromatic N) is 1. The zero-order valence-electron chi connectivity index (χ0n) is 18.4. The van der Waals surface area contributed by atoms with Crippen LogP contribution in [-0.2, 0) is 42.9 Å². The molecule has 12 heteroatoms. The van der Waals surface area contributed by atoms with Gasteiger partial charge in [0.1, 0.15) is 17.0 Å². The standard InChI is InChI=1S/C19H29NO9S2/c1-7-20(8-2)19(30)31-18-17(28-13(6)24)16(27-12(5)23)15(26-11(4)22)14(29-18)9-25-10(3)21/h14-18H,7-9H2,1-6H3. The number of carbonyl (C=O) groups excluding carboxylic acids is 4. The van der Waals surface area contributed by atoms with E-state index in [1.165, 1.54) is 27.7 Å². The van der Waals surface area contributed by atoms with Crippen molar-refractivity contribution in [1.82, 2.24) is 4.90 Å². The van der Waals surface area contributed by atoms with E-state index in [0.29, 0.717) is 17.4 Å². The minimum atomic E-state index is -1.20. The van der Waals surface area contributed by atoms with E-state index in [-0.39, 0.29) is 6.61 Å². The molecular formula is C19H29NO9S2. The lowest BCUT2D eigenvalue weighted by atomic mass is 9.99. The van der Waals surface area contributed by atoms with Gasteiger partial charge in [0.05, 0.1) is 0 Å². The predicted molar refractivity (Wildman–Crippen MR) is 115 cm³/mol. The number of hydrogen-bond acceptors (Lipinski definition) is 11. The molecule has 0 aromatic heterocycles. The van der Waals surface area contributed by atoms with Gasteiger partial charge in [0.15, 0.2) is 23.7 Å². The van der Waals surface area contributed by atoms with Gasteiger partial charge in [-0.2, -0.15) is 0 Å². The molecule has 10 nitrogen and oxygen atoms in total. The summed E-state index contributed by atoms with van der Waals surface area (Å²) in [4.78, 5) is 48.6. The van der Waals surface area contributed by atoms with Crippen LogP contribution in [0.15, 0.2) is 0 Å². The topological polar surface area (TPSA) is 118 Å². The number of esters is 4. The lowest BCUT2D eigenvalue weighted by Gasteiger charge is -2.44. The zero-order chi connectivity index (χ0) is 23.7. The first-order valence-corrected chi connectivity index (χ1v) is 11.0. The highest BCUT2D eigenvalue weighted by Crippen LogP contribution is 2.35. The van der Waals surface area contributed by atoms with E-state index in [4.69, 9.17) is 35.9 Å². The van der Waals surface area contributed by atoms with Gasteiger partial charge in [0.2, 0.25) is 0 Å². The van der Waals surface area contributed by atoms with Gasteiger partial charge in [-0.25, -0.2) is 0 Å². The van der Waals surface area contributed by atoms with Gasteiger partial charge in [0, 0.05) is 40.8 Å². The number of hydrogen-bond donors (Lipinski definition) is 0. The second kappa shape index (κ2) is 12.8. The average Bonchev–Trinajstić information content (AvgIpc) is 2.64. The lowest BCUT2D eigenvalue weighted by molar-refractivity contribution is -0.237. The minimum Gasteiger partial charge on any atom is -0.463 e. The number of ether oxygens (including phenoxy) is 5. The van der Waals surface area contributed by atoms with E-state index < -0.39 is 53.7 Å². The second-order valence-electron chi connectivity index (χ2n) is 6.62. The lowest BCUT2D eigenvalue weighted by Crippen LogP contribution is -2.61. The van der Waals surface area contributed by atoms with Crippen molar-refractivity contribution in [3.05, 3.63) is 0 Å². The molecule has 1 aliphatic heterocycles. The van der Waals surface area contributed by atoms with Crippen LogP contribution < -0.4 is 0 Å². The first-order valence-electron chi connectivity index (χ1n) is 9.76. The smallest absolute Gasteiger partial charge is 0.303 e. The van der Waals surface area contributed by atoms with Crippen LogP contribution in [-0.4, -0.2) is 82.6 Å². The molecule has 0 aromatic rings. The Kier molecular flexibility index (Phi) is 11.2. The van der Waals surface area contributed by atoms with Crippen LogP contribution in [0.25, 0.3) is 0 Å². The van der Waals surface area contributed by atoms with E-state index in [9.17, 15) is 19.2 Å². The van der Waals surface area contributed by atoms with Gasteiger partial charge in [-0.1, -0.05) is 24.0 Å². The molecule has 0 saturated carbocycles. The van der Waals surface area contributed by atoms with Crippen molar-refractivity contribution in [2.45, 2.75) is 71.4 Å². The van der Waals surface area contributed by atoms with Gasteiger partial charge in [0.25, 0.3) is 0 Å². The summed E-state index contributed by atoms with van der Waals surface area (Å²) >= 11 is 6.59. The quantitative estimate of drug-likeness (QED) is 0.285. The molecule has 0 radical (unpaired) electrons. The molecular weight excluding hydrogens is 450 g/mol. The Labute approximate surface area is 191 Å². The summed E-state index contributed by atoms with van der Waals surface area (Å²) < 4.78 is 27.7. The van der Waals surface area contributed by atoms with Crippen molar-refractivity contribution in [1.29, 1.82) is 0 Å². The van der Waals surface area contributed by atoms with Crippen LogP contribution in [0.2, 0.25) is 0 Å². The Balaban J connectivity index is 3.35. The van der Waals surface area contributed by atoms with Gasteiger partial charge in [-0.3, -0.25) is 19.2 Å². The molecule has 5 atom stereocenters. The molecule has 0 aromatic carbocycles. The Morgan fingerprint density at radius 3 is 1.77 bits per heavy atom. The summed E-state index contributed by atoms with van der Waals surface area (Å²) in [5.41, 5.74) is -0.909. The Hall–Kier alpha value is -1.92. The molecule has 1 heterocycles. The third kappa shape index (κ3) is 8.62. The Morgan fingerprint density at radius 2 is 1.32 bits per heavy atom. The third-order valence-electron chi connectivity index (χ3n) is 4.19. The van der Waals surface area contributed by atoms with Gasteiger partial charge >= 0.3 is 23.9 Å². The van der Waals surface area contributed by atoms with E-state index in [1.807, 2.05) is 18.7 Å². The maximum atomic E-state index is 11.8. The molecule has 0 spiro atoms. The molecule has 31 heavy (non-hydrogen) atoms. The molecule has 1 fully saturated rings. The van der Waals surface area contributed by atoms with E-state index in [0.717, 1.165) is 11.8 Å². The number of carbonyl (C=O) groups is 4. The maximum Gasteiger partial charge on any atom is 0.303 e. The Bertz CT molecular complexity index is 683. The zero-order valence-corrected chi connectivity index (χ0v) is 20.1. The fraction of sp³-hybridized carbons (Fsp3) is 0.737. The van der Waals surface area contributed by atoms with Crippen LogP contribution in [0.3, 0.4) is 0 Å². The maximum absolute atomic E-state index is 11.8. The monoisotopic (exact) mass is 479 g/mol. The normalized spacial score (nSPS) is 25.2. The average molecular weight is 480 g/mol. The molecule has 5 unspecified atom stereocenters. The van der Waals surface area contributed by atoms with Gasteiger partial charge in [-0.05, 0) is 13.8 Å². The SMILES string of the molecule is CCN(CC)C(=S)SC1OC(COC(C)=O)C(OC(C)=O)C(OC(C)=O)C1OC(C)=O. The van der Waals surface area contributed by atoms with Crippen molar-refractivity contribution in [3.8, 4) is 0 Å². The van der Waals surface area contributed by atoms with E-state index >= 15 is 0 Å². The van der Waals surface area contributed by atoms with Crippen molar-refractivity contribution < 1.29 is 42.9 Å². The minimum absolute atomic E-state index is 0.271. The first-order chi connectivity index (χ1) is 14.5. The molecule has 0 bridgehead atoms. The summed E-state index contributed by atoms with van der Waals surface area (Å²) in [6, 6.07) is 0. The van der Waals surface area contributed by atoms with Crippen LogP contribution in [0.4, 0.5) is 0 Å².